The van der Waals surface area contributed by atoms with Crippen LogP contribution in [0.2, 0.25) is 0 Å². The van der Waals surface area contributed by atoms with Crippen molar-refractivity contribution in [1.82, 2.24) is 5.32 Å². The summed E-state index contributed by atoms with van der Waals surface area (Å²) in [5, 5.41) is 3.01. The van der Waals surface area contributed by atoms with Crippen LogP contribution in [0.5, 0.6) is 0 Å². The molecule has 0 heterocycles. The molecule has 0 aromatic rings. The summed E-state index contributed by atoms with van der Waals surface area (Å²) in [5.74, 6) is 0. The summed E-state index contributed by atoms with van der Waals surface area (Å²) in [5.41, 5.74) is 0. The third kappa shape index (κ3) is 5.44. The van der Waals surface area contributed by atoms with E-state index in [1.807, 2.05) is 32.2 Å². The molecule has 46 valence electrons. The van der Waals surface area contributed by atoms with Crippen LogP contribution < -0.4 is 5.32 Å². The zero-order valence-electron chi connectivity index (χ0n) is 5.52. The van der Waals surface area contributed by atoms with Gasteiger partial charge in [-0.2, -0.15) is 0 Å². The van der Waals surface area contributed by atoms with E-state index in [1.54, 1.807) is 0 Å². The first kappa shape index (κ1) is 7.44. The van der Waals surface area contributed by atoms with Gasteiger partial charge in [0.05, 0.1) is 0 Å². The Labute approximate surface area is 51.1 Å². The molecule has 1 nitrogen and oxygen atoms in total. The fourth-order valence-electron chi connectivity index (χ4n) is 0.376. The molecular weight excluding hydrogens is 98.1 g/mol. The van der Waals surface area contributed by atoms with Gasteiger partial charge in [0.1, 0.15) is 0 Å². The van der Waals surface area contributed by atoms with Crippen LogP contribution in [0.1, 0.15) is 6.92 Å². The maximum atomic E-state index is 3.01. The maximum absolute atomic E-state index is 3.01. The lowest BCUT2D eigenvalue weighted by Gasteiger charge is -1.82. The topological polar surface area (TPSA) is 12.0 Å². The van der Waals surface area contributed by atoms with Gasteiger partial charge in [0, 0.05) is 6.54 Å². The SMILES string of the molecule is CC=CC=CCNC. The first-order chi connectivity index (χ1) is 3.91. The number of nitrogens with one attached hydrogen (secondary N) is 1. The number of allylic oxidation sites excluding steroid dienone is 3. The van der Waals surface area contributed by atoms with Crippen LogP contribution in [0.3, 0.4) is 0 Å². The molecule has 0 amide bonds. The monoisotopic (exact) mass is 111 g/mol. The Kier molecular flexibility index (Phi) is 5.99. The molecule has 0 fully saturated rings. The summed E-state index contributed by atoms with van der Waals surface area (Å²) in [6.07, 6.45) is 8.11. The molecule has 0 bridgehead atoms. The van der Waals surface area contributed by atoms with E-state index >= 15 is 0 Å². The summed E-state index contributed by atoms with van der Waals surface area (Å²) in [4.78, 5) is 0. The third-order valence-electron chi connectivity index (χ3n) is 0.762. The van der Waals surface area contributed by atoms with E-state index in [0.717, 1.165) is 6.54 Å². The van der Waals surface area contributed by atoms with Crippen molar-refractivity contribution < 1.29 is 0 Å². The van der Waals surface area contributed by atoms with Crippen LogP contribution in [0.15, 0.2) is 24.3 Å². The summed E-state index contributed by atoms with van der Waals surface area (Å²) in [6, 6.07) is 0. The Morgan fingerprint density at radius 1 is 1.38 bits per heavy atom. The Morgan fingerprint density at radius 2 is 2.12 bits per heavy atom. The highest BCUT2D eigenvalue weighted by atomic mass is 14.8. The summed E-state index contributed by atoms with van der Waals surface area (Å²) < 4.78 is 0. The lowest BCUT2D eigenvalue weighted by molar-refractivity contribution is 0.920. The van der Waals surface area contributed by atoms with Crippen LogP contribution in [-0.4, -0.2) is 13.6 Å². The Hall–Kier alpha value is -0.560. The molecule has 0 aliphatic carbocycles. The molecule has 0 aliphatic rings. The number of hydrogen-bond acceptors (Lipinski definition) is 1. The highest BCUT2D eigenvalue weighted by Crippen LogP contribution is 1.72. The predicted molar refractivity (Wildman–Crippen MR) is 37.9 cm³/mol. The van der Waals surface area contributed by atoms with Gasteiger partial charge in [-0.3, -0.25) is 0 Å². The Balaban J connectivity index is 3.07. The van der Waals surface area contributed by atoms with Gasteiger partial charge in [-0.15, -0.1) is 0 Å². The second-order valence-corrected chi connectivity index (χ2v) is 1.51. The van der Waals surface area contributed by atoms with E-state index in [2.05, 4.69) is 11.4 Å². The molecule has 0 radical (unpaired) electrons. The quantitative estimate of drug-likeness (QED) is 0.542. The van der Waals surface area contributed by atoms with E-state index in [-0.39, 0.29) is 0 Å². The van der Waals surface area contributed by atoms with Gasteiger partial charge in [0.25, 0.3) is 0 Å². The van der Waals surface area contributed by atoms with Gasteiger partial charge in [0.2, 0.25) is 0 Å². The number of hydrogen-bond donors (Lipinski definition) is 1. The average molecular weight is 111 g/mol. The highest BCUT2D eigenvalue weighted by molar-refractivity contribution is 5.01. The van der Waals surface area contributed by atoms with Crippen molar-refractivity contribution in [2.75, 3.05) is 13.6 Å². The fraction of sp³-hybridized carbons (Fsp3) is 0.429. The minimum Gasteiger partial charge on any atom is -0.316 e. The molecule has 0 saturated carbocycles. The van der Waals surface area contributed by atoms with Crippen molar-refractivity contribution in [3.05, 3.63) is 24.3 Å². The van der Waals surface area contributed by atoms with Gasteiger partial charge in [-0.05, 0) is 14.0 Å². The maximum Gasteiger partial charge on any atom is 0.0134 e. The summed E-state index contributed by atoms with van der Waals surface area (Å²) >= 11 is 0. The molecule has 0 unspecified atom stereocenters. The largest absolute Gasteiger partial charge is 0.316 e. The second kappa shape index (κ2) is 6.44. The molecule has 1 heteroatoms. The first-order valence-electron chi connectivity index (χ1n) is 2.84. The van der Waals surface area contributed by atoms with E-state index in [4.69, 9.17) is 0 Å². The fourth-order valence-corrected chi connectivity index (χ4v) is 0.376. The lowest BCUT2D eigenvalue weighted by Crippen LogP contribution is -2.03. The van der Waals surface area contributed by atoms with Gasteiger partial charge < -0.3 is 5.32 Å². The standard InChI is InChI=1S/C7H13N/c1-3-4-5-6-7-8-2/h3-6,8H,7H2,1-2H3. The normalized spacial score (nSPS) is 11.8. The predicted octanol–water partition coefficient (Wildman–Crippen LogP) is 1.34. The molecule has 0 aromatic heterocycles. The van der Waals surface area contributed by atoms with Crippen LogP contribution in [-0.2, 0) is 0 Å². The van der Waals surface area contributed by atoms with E-state index in [9.17, 15) is 0 Å². The van der Waals surface area contributed by atoms with Crippen LogP contribution in [0.25, 0.3) is 0 Å². The molecule has 0 aliphatic heterocycles. The van der Waals surface area contributed by atoms with Crippen LogP contribution in [0, 0.1) is 0 Å². The number of rotatable bonds is 3. The van der Waals surface area contributed by atoms with E-state index in [1.165, 1.54) is 0 Å². The second-order valence-electron chi connectivity index (χ2n) is 1.51. The van der Waals surface area contributed by atoms with Crippen molar-refractivity contribution in [3.63, 3.8) is 0 Å². The minimum absolute atomic E-state index is 0.949. The smallest absolute Gasteiger partial charge is 0.0134 e. The zero-order chi connectivity index (χ0) is 6.24. The van der Waals surface area contributed by atoms with Crippen molar-refractivity contribution in [2.24, 2.45) is 0 Å². The molecule has 1 N–H and O–H groups in total. The molecular formula is C7H13N. The van der Waals surface area contributed by atoms with Gasteiger partial charge in [-0.25, -0.2) is 0 Å². The number of likely N-dealkylation sites (N-methyl/N-ethyl adjacent to an activating group) is 1. The summed E-state index contributed by atoms with van der Waals surface area (Å²) in [7, 11) is 1.93. The third-order valence-corrected chi connectivity index (χ3v) is 0.762. The lowest BCUT2D eigenvalue weighted by atomic mass is 10.4. The molecule has 0 atom stereocenters. The van der Waals surface area contributed by atoms with Crippen molar-refractivity contribution in [2.45, 2.75) is 6.92 Å². The highest BCUT2D eigenvalue weighted by Gasteiger charge is 1.64. The van der Waals surface area contributed by atoms with E-state index < -0.39 is 0 Å². The molecule has 0 saturated heterocycles. The molecule has 8 heavy (non-hydrogen) atoms. The summed E-state index contributed by atoms with van der Waals surface area (Å²) in [6.45, 7) is 2.95. The van der Waals surface area contributed by atoms with Crippen molar-refractivity contribution >= 4 is 0 Å². The van der Waals surface area contributed by atoms with Gasteiger partial charge in [-0.1, -0.05) is 24.3 Å². The van der Waals surface area contributed by atoms with Crippen LogP contribution in [0.4, 0.5) is 0 Å². The molecule has 0 aromatic carbocycles. The van der Waals surface area contributed by atoms with Crippen molar-refractivity contribution in [3.8, 4) is 0 Å². The van der Waals surface area contributed by atoms with Crippen molar-refractivity contribution in [1.29, 1.82) is 0 Å². The van der Waals surface area contributed by atoms with Gasteiger partial charge >= 0.3 is 0 Å². The van der Waals surface area contributed by atoms with E-state index in [0.29, 0.717) is 0 Å². The van der Waals surface area contributed by atoms with Crippen LogP contribution >= 0.6 is 0 Å². The molecule has 0 rings (SSSR count). The Bertz CT molecular complexity index is 82.4. The van der Waals surface area contributed by atoms with Gasteiger partial charge in [0.15, 0.2) is 0 Å². The Morgan fingerprint density at radius 3 is 2.62 bits per heavy atom. The average Bonchev–Trinajstić information content (AvgIpc) is 1.81. The minimum atomic E-state index is 0.949. The molecule has 0 spiro atoms. The zero-order valence-corrected chi connectivity index (χ0v) is 5.52. The first-order valence-corrected chi connectivity index (χ1v) is 2.84.